The number of methoxy groups -OCH3 is 1. The SMILES string of the molecule is COCCNc1nc(C(C)(C)c2ccccc2)ns1. The van der Waals surface area contributed by atoms with Crippen molar-refractivity contribution >= 4 is 16.7 Å². The van der Waals surface area contributed by atoms with Crippen LogP contribution in [0.25, 0.3) is 0 Å². The normalized spacial score (nSPS) is 11.5. The highest BCUT2D eigenvalue weighted by Crippen LogP contribution is 2.30. The molecule has 0 spiro atoms. The molecular weight excluding hydrogens is 258 g/mol. The van der Waals surface area contributed by atoms with Crippen molar-refractivity contribution < 1.29 is 4.74 Å². The summed E-state index contributed by atoms with van der Waals surface area (Å²) in [5, 5.41) is 4.05. The molecule has 1 N–H and O–H groups in total. The molecule has 0 radical (unpaired) electrons. The molecule has 1 heterocycles. The summed E-state index contributed by atoms with van der Waals surface area (Å²) in [6.45, 7) is 5.69. The summed E-state index contributed by atoms with van der Waals surface area (Å²) >= 11 is 1.39. The molecule has 102 valence electrons. The lowest BCUT2D eigenvalue weighted by atomic mass is 9.84. The molecule has 19 heavy (non-hydrogen) atoms. The van der Waals surface area contributed by atoms with Crippen molar-refractivity contribution in [3.05, 3.63) is 41.7 Å². The van der Waals surface area contributed by atoms with Gasteiger partial charge in [0.05, 0.1) is 12.0 Å². The molecular formula is C14H19N3OS. The fraction of sp³-hybridized carbons (Fsp3) is 0.429. The summed E-state index contributed by atoms with van der Waals surface area (Å²) in [4.78, 5) is 4.57. The number of benzene rings is 1. The number of aromatic nitrogens is 2. The van der Waals surface area contributed by atoms with E-state index in [0.717, 1.165) is 17.5 Å². The Hall–Kier alpha value is -1.46. The van der Waals surface area contributed by atoms with Crippen LogP contribution in [0.4, 0.5) is 5.13 Å². The second kappa shape index (κ2) is 6.12. The predicted octanol–water partition coefficient (Wildman–Crippen LogP) is 2.92. The van der Waals surface area contributed by atoms with Crippen molar-refractivity contribution in [2.24, 2.45) is 0 Å². The Morgan fingerprint density at radius 3 is 2.68 bits per heavy atom. The first-order valence-corrected chi connectivity index (χ1v) is 7.04. The average molecular weight is 277 g/mol. The molecule has 4 nitrogen and oxygen atoms in total. The summed E-state index contributed by atoms with van der Waals surface area (Å²) in [7, 11) is 1.69. The molecule has 2 rings (SSSR count). The van der Waals surface area contributed by atoms with Gasteiger partial charge < -0.3 is 10.1 Å². The van der Waals surface area contributed by atoms with Crippen LogP contribution in [0, 0.1) is 0 Å². The maximum Gasteiger partial charge on any atom is 0.202 e. The lowest BCUT2D eigenvalue weighted by molar-refractivity contribution is 0.211. The van der Waals surface area contributed by atoms with Gasteiger partial charge in [-0.15, -0.1) is 0 Å². The minimum absolute atomic E-state index is 0.182. The Labute approximate surface area is 118 Å². The van der Waals surface area contributed by atoms with E-state index in [1.165, 1.54) is 17.1 Å². The smallest absolute Gasteiger partial charge is 0.202 e. The van der Waals surface area contributed by atoms with Crippen molar-refractivity contribution in [1.29, 1.82) is 0 Å². The summed E-state index contributed by atoms with van der Waals surface area (Å²) in [5.74, 6) is 0.851. The number of nitrogens with one attached hydrogen (secondary N) is 1. The Morgan fingerprint density at radius 2 is 2.00 bits per heavy atom. The zero-order valence-electron chi connectivity index (χ0n) is 11.5. The molecule has 0 saturated heterocycles. The van der Waals surface area contributed by atoms with Crippen LogP contribution >= 0.6 is 11.5 Å². The number of rotatable bonds is 6. The first-order valence-electron chi connectivity index (χ1n) is 6.27. The number of hydrogen-bond acceptors (Lipinski definition) is 5. The standard InChI is InChI=1S/C14H19N3OS/c1-14(2,11-7-5-4-6-8-11)12-16-13(19-17-12)15-9-10-18-3/h4-8H,9-10H2,1-3H3,(H,15,16,17). The Bertz CT molecular complexity index is 510. The summed E-state index contributed by atoms with van der Waals surface area (Å²) in [6.07, 6.45) is 0. The average Bonchev–Trinajstić information content (AvgIpc) is 2.90. The Kier molecular flexibility index (Phi) is 4.50. The fourth-order valence-corrected chi connectivity index (χ4v) is 2.53. The van der Waals surface area contributed by atoms with Crippen LogP contribution in [0.15, 0.2) is 30.3 Å². The summed E-state index contributed by atoms with van der Waals surface area (Å²) < 4.78 is 9.47. The lowest BCUT2D eigenvalue weighted by Crippen LogP contribution is -2.20. The van der Waals surface area contributed by atoms with Crippen LogP contribution < -0.4 is 5.32 Å². The van der Waals surface area contributed by atoms with Crippen LogP contribution in [0.2, 0.25) is 0 Å². The third-order valence-corrected chi connectivity index (χ3v) is 3.74. The summed E-state index contributed by atoms with van der Waals surface area (Å²) in [5.41, 5.74) is 1.04. The number of anilines is 1. The Morgan fingerprint density at radius 1 is 1.26 bits per heavy atom. The van der Waals surface area contributed by atoms with Gasteiger partial charge in [0.2, 0.25) is 5.13 Å². The van der Waals surface area contributed by atoms with Gasteiger partial charge in [0.15, 0.2) is 5.82 Å². The maximum atomic E-state index is 5.00. The van der Waals surface area contributed by atoms with Crippen LogP contribution in [-0.2, 0) is 10.2 Å². The number of ether oxygens (including phenoxy) is 1. The predicted molar refractivity (Wildman–Crippen MR) is 78.8 cm³/mol. The van der Waals surface area contributed by atoms with Gasteiger partial charge in [0, 0.05) is 25.2 Å². The third kappa shape index (κ3) is 3.30. The molecule has 0 bridgehead atoms. The van der Waals surface area contributed by atoms with E-state index in [-0.39, 0.29) is 5.41 Å². The minimum atomic E-state index is -0.182. The zero-order chi connectivity index (χ0) is 13.7. The number of nitrogens with zero attached hydrogens (tertiary/aromatic N) is 2. The van der Waals surface area contributed by atoms with E-state index in [1.807, 2.05) is 18.2 Å². The van der Waals surface area contributed by atoms with Gasteiger partial charge in [-0.1, -0.05) is 30.3 Å². The van der Waals surface area contributed by atoms with Gasteiger partial charge in [-0.25, -0.2) is 4.98 Å². The third-order valence-electron chi connectivity index (χ3n) is 3.06. The van der Waals surface area contributed by atoms with Gasteiger partial charge in [0.25, 0.3) is 0 Å². The van der Waals surface area contributed by atoms with Gasteiger partial charge in [-0.2, -0.15) is 4.37 Å². The second-order valence-corrected chi connectivity index (χ2v) is 5.59. The molecule has 1 aromatic carbocycles. The largest absolute Gasteiger partial charge is 0.383 e. The van der Waals surface area contributed by atoms with Crippen LogP contribution in [0.5, 0.6) is 0 Å². The molecule has 0 unspecified atom stereocenters. The van der Waals surface area contributed by atoms with Gasteiger partial charge in [-0.3, -0.25) is 0 Å². The van der Waals surface area contributed by atoms with Crippen LogP contribution in [0.3, 0.4) is 0 Å². The minimum Gasteiger partial charge on any atom is -0.383 e. The highest BCUT2D eigenvalue weighted by Gasteiger charge is 2.27. The van der Waals surface area contributed by atoms with E-state index in [0.29, 0.717) is 6.61 Å². The molecule has 5 heteroatoms. The highest BCUT2D eigenvalue weighted by atomic mass is 32.1. The van der Waals surface area contributed by atoms with E-state index in [1.54, 1.807) is 7.11 Å². The molecule has 0 fully saturated rings. The van der Waals surface area contributed by atoms with Gasteiger partial charge in [-0.05, 0) is 19.4 Å². The summed E-state index contributed by atoms with van der Waals surface area (Å²) in [6, 6.07) is 10.3. The highest BCUT2D eigenvalue weighted by molar-refractivity contribution is 7.09. The first-order chi connectivity index (χ1) is 9.14. The fourth-order valence-electron chi connectivity index (χ4n) is 1.79. The molecule has 1 aromatic heterocycles. The maximum absolute atomic E-state index is 5.00. The number of hydrogen-bond donors (Lipinski definition) is 1. The van der Waals surface area contributed by atoms with Crippen molar-refractivity contribution in [3.8, 4) is 0 Å². The molecule has 0 aliphatic heterocycles. The van der Waals surface area contributed by atoms with Gasteiger partial charge >= 0.3 is 0 Å². The quantitative estimate of drug-likeness (QED) is 0.825. The van der Waals surface area contributed by atoms with Crippen LogP contribution in [0.1, 0.15) is 25.2 Å². The zero-order valence-corrected chi connectivity index (χ0v) is 12.3. The van der Waals surface area contributed by atoms with Crippen LogP contribution in [-0.4, -0.2) is 29.6 Å². The monoisotopic (exact) mass is 277 g/mol. The van der Waals surface area contributed by atoms with E-state index >= 15 is 0 Å². The van der Waals surface area contributed by atoms with Crippen molar-refractivity contribution in [2.75, 3.05) is 25.6 Å². The molecule has 0 amide bonds. The van der Waals surface area contributed by atoms with Crippen molar-refractivity contribution in [3.63, 3.8) is 0 Å². The first kappa shape index (κ1) is 14.0. The molecule has 0 aliphatic rings. The second-order valence-electron chi connectivity index (χ2n) is 4.83. The van der Waals surface area contributed by atoms with E-state index in [4.69, 9.17) is 4.74 Å². The lowest BCUT2D eigenvalue weighted by Gasteiger charge is -2.21. The van der Waals surface area contributed by atoms with Crippen molar-refractivity contribution in [1.82, 2.24) is 9.36 Å². The van der Waals surface area contributed by atoms with Crippen molar-refractivity contribution in [2.45, 2.75) is 19.3 Å². The topological polar surface area (TPSA) is 47.0 Å². The van der Waals surface area contributed by atoms with E-state index in [9.17, 15) is 0 Å². The molecule has 2 aromatic rings. The van der Waals surface area contributed by atoms with Gasteiger partial charge in [0.1, 0.15) is 0 Å². The molecule has 0 aliphatic carbocycles. The Balaban J connectivity index is 2.13. The molecule has 0 saturated carbocycles. The van der Waals surface area contributed by atoms with E-state index in [2.05, 4.69) is 40.7 Å². The van der Waals surface area contributed by atoms with E-state index < -0.39 is 0 Å². The molecule has 0 atom stereocenters.